The third kappa shape index (κ3) is 7.42. The fraction of sp³-hybridized carbons (Fsp3) is 0.588. The van der Waals surface area contributed by atoms with Crippen LogP contribution in [0.5, 0.6) is 5.75 Å². The predicted octanol–water partition coefficient (Wildman–Crippen LogP) is 3.35. The van der Waals surface area contributed by atoms with Gasteiger partial charge in [-0.05, 0) is 50.5 Å². The Kier molecular flexibility index (Phi) is 10.3. The zero-order chi connectivity index (χ0) is 15.8. The van der Waals surface area contributed by atoms with E-state index in [1.807, 2.05) is 31.2 Å². The Labute approximate surface area is 185 Å². The number of hydrogen-bond acceptors (Lipinski definition) is 4. The van der Waals surface area contributed by atoms with E-state index in [2.05, 4.69) is 0 Å². The van der Waals surface area contributed by atoms with E-state index in [-0.39, 0.29) is 57.4 Å². The normalized spacial score (nSPS) is 18.9. The van der Waals surface area contributed by atoms with Crippen molar-refractivity contribution >= 4 is 69.0 Å². The van der Waals surface area contributed by atoms with Gasteiger partial charge in [-0.2, -0.15) is 0 Å². The summed E-state index contributed by atoms with van der Waals surface area (Å²) in [7, 11) is 0. The monoisotopic (exact) mass is 366 g/mol. The van der Waals surface area contributed by atoms with Gasteiger partial charge in [0.15, 0.2) is 5.60 Å². The molecule has 0 bridgehead atoms. The number of unbranched alkanes of at least 4 members (excludes halogenated alkanes) is 3. The average molecular weight is 367 g/mol. The summed E-state index contributed by atoms with van der Waals surface area (Å²) in [4.78, 5) is 11.7. The van der Waals surface area contributed by atoms with Crippen LogP contribution in [0.1, 0.15) is 39.0 Å². The van der Waals surface area contributed by atoms with Crippen molar-refractivity contribution in [3.05, 3.63) is 29.3 Å². The van der Waals surface area contributed by atoms with Gasteiger partial charge in [0, 0.05) is 5.02 Å². The molecule has 1 aliphatic rings. The van der Waals surface area contributed by atoms with Crippen LogP contribution >= 0.6 is 11.6 Å². The fourth-order valence-electron chi connectivity index (χ4n) is 2.30. The molecule has 1 fully saturated rings. The van der Waals surface area contributed by atoms with Crippen molar-refractivity contribution < 1.29 is 19.0 Å². The second-order valence-electron chi connectivity index (χ2n) is 5.47. The van der Waals surface area contributed by atoms with Crippen LogP contribution < -0.4 is 4.74 Å². The van der Waals surface area contributed by atoms with Crippen LogP contribution in [0, 0.1) is 0 Å². The van der Waals surface area contributed by atoms with Crippen LogP contribution in [0.3, 0.4) is 0 Å². The Hall–Kier alpha value is 0.376. The van der Waals surface area contributed by atoms with Crippen molar-refractivity contribution in [2.24, 2.45) is 0 Å². The zero-order valence-corrected chi connectivity index (χ0v) is 13.7. The van der Waals surface area contributed by atoms with E-state index in [4.69, 9.17) is 25.8 Å². The van der Waals surface area contributed by atoms with Crippen LogP contribution in [0.2, 0.25) is 5.02 Å². The SMILES string of the molecule is CCOC(=O)[C@@]1(CCCCCCOc2ccc(Cl)cc2)CO1.[KH]. The van der Waals surface area contributed by atoms with Crippen molar-refractivity contribution in [2.45, 2.75) is 44.6 Å². The van der Waals surface area contributed by atoms with Crippen molar-refractivity contribution in [3.8, 4) is 5.75 Å². The number of hydrogen-bond donors (Lipinski definition) is 0. The molecule has 1 aromatic carbocycles. The summed E-state index contributed by atoms with van der Waals surface area (Å²) in [6, 6.07) is 7.38. The van der Waals surface area contributed by atoms with Gasteiger partial charge in [-0.25, -0.2) is 4.79 Å². The van der Waals surface area contributed by atoms with Crippen LogP contribution in [0.4, 0.5) is 0 Å². The molecule has 124 valence electrons. The molecule has 1 aliphatic heterocycles. The van der Waals surface area contributed by atoms with Crippen molar-refractivity contribution in [1.82, 2.24) is 0 Å². The molecule has 0 aromatic heterocycles. The van der Waals surface area contributed by atoms with E-state index in [0.717, 1.165) is 37.9 Å². The first-order valence-electron chi connectivity index (χ1n) is 7.86. The molecular weight excluding hydrogens is 343 g/mol. The molecule has 4 nitrogen and oxygen atoms in total. The van der Waals surface area contributed by atoms with Crippen molar-refractivity contribution in [1.29, 1.82) is 0 Å². The number of halogens is 1. The third-order valence-corrected chi connectivity index (χ3v) is 3.95. The summed E-state index contributed by atoms with van der Waals surface area (Å²) in [5.41, 5.74) is -0.629. The van der Waals surface area contributed by atoms with Gasteiger partial charge in [0.1, 0.15) is 5.75 Å². The molecule has 0 unspecified atom stereocenters. The van der Waals surface area contributed by atoms with Gasteiger partial charge < -0.3 is 14.2 Å². The van der Waals surface area contributed by atoms with Crippen LogP contribution in [-0.4, -0.2) is 82.8 Å². The first kappa shape index (κ1) is 21.4. The number of carbonyl (C=O) groups excluding carboxylic acids is 1. The number of benzene rings is 1. The molecular formula is C17H24ClKO4. The second-order valence-corrected chi connectivity index (χ2v) is 5.91. The summed E-state index contributed by atoms with van der Waals surface area (Å²) < 4.78 is 16.0. The second kappa shape index (κ2) is 11.1. The van der Waals surface area contributed by atoms with E-state index >= 15 is 0 Å². The van der Waals surface area contributed by atoms with Crippen molar-refractivity contribution in [3.63, 3.8) is 0 Å². The van der Waals surface area contributed by atoms with Gasteiger partial charge >= 0.3 is 57.4 Å². The summed E-state index contributed by atoms with van der Waals surface area (Å²) in [5, 5.41) is 0.713. The first-order valence-corrected chi connectivity index (χ1v) is 8.24. The Morgan fingerprint density at radius 1 is 1.22 bits per heavy atom. The number of carbonyl (C=O) groups is 1. The zero-order valence-electron chi connectivity index (χ0n) is 13.0. The number of esters is 1. The molecule has 0 N–H and O–H groups in total. The van der Waals surface area contributed by atoms with E-state index in [0.29, 0.717) is 24.8 Å². The Bertz CT molecular complexity index is 474. The minimum atomic E-state index is -0.629. The topological polar surface area (TPSA) is 48.1 Å². The summed E-state index contributed by atoms with van der Waals surface area (Å²) in [6.07, 6.45) is 4.86. The molecule has 1 heterocycles. The maximum atomic E-state index is 11.7. The molecule has 1 saturated heterocycles. The Morgan fingerprint density at radius 2 is 1.87 bits per heavy atom. The summed E-state index contributed by atoms with van der Waals surface area (Å²) in [5.74, 6) is 0.637. The Balaban J connectivity index is 0.00000264. The van der Waals surface area contributed by atoms with Gasteiger partial charge in [-0.3, -0.25) is 0 Å². The standard InChI is InChI=1S/C17H23ClO4.K.H/c1-2-20-16(19)17(13-22-17)11-5-3-4-6-12-21-15-9-7-14(18)8-10-15;;/h7-10H,2-6,11-13H2,1H3;;/t17-;;/m1../s1. The Morgan fingerprint density at radius 3 is 2.48 bits per heavy atom. The molecule has 0 amide bonds. The van der Waals surface area contributed by atoms with Crippen LogP contribution in [0.25, 0.3) is 0 Å². The molecule has 23 heavy (non-hydrogen) atoms. The number of rotatable bonds is 10. The molecule has 2 rings (SSSR count). The quantitative estimate of drug-likeness (QED) is 0.276. The molecule has 1 atom stereocenters. The van der Waals surface area contributed by atoms with Gasteiger partial charge in [0.05, 0.1) is 19.8 Å². The van der Waals surface area contributed by atoms with Gasteiger partial charge in [-0.15, -0.1) is 0 Å². The first-order chi connectivity index (χ1) is 10.7. The third-order valence-electron chi connectivity index (χ3n) is 3.70. The summed E-state index contributed by atoms with van der Waals surface area (Å²) >= 11 is 5.82. The van der Waals surface area contributed by atoms with Gasteiger partial charge in [0.25, 0.3) is 0 Å². The van der Waals surface area contributed by atoms with E-state index < -0.39 is 5.60 Å². The predicted molar refractivity (Wildman–Crippen MR) is 92.5 cm³/mol. The van der Waals surface area contributed by atoms with E-state index in [1.54, 1.807) is 0 Å². The molecule has 0 radical (unpaired) electrons. The number of epoxide rings is 1. The van der Waals surface area contributed by atoms with E-state index in [9.17, 15) is 4.79 Å². The summed E-state index contributed by atoms with van der Waals surface area (Å²) in [6.45, 7) is 3.42. The van der Waals surface area contributed by atoms with Crippen LogP contribution in [0.15, 0.2) is 24.3 Å². The average Bonchev–Trinajstić information content (AvgIpc) is 3.30. The maximum absolute atomic E-state index is 11.7. The van der Waals surface area contributed by atoms with Gasteiger partial charge in [-0.1, -0.05) is 24.4 Å². The van der Waals surface area contributed by atoms with Crippen LogP contribution in [-0.2, 0) is 14.3 Å². The minimum absolute atomic E-state index is 0. The number of ether oxygens (including phenoxy) is 3. The van der Waals surface area contributed by atoms with E-state index in [1.165, 1.54) is 0 Å². The molecule has 1 aromatic rings. The fourth-order valence-corrected chi connectivity index (χ4v) is 2.43. The molecule has 0 saturated carbocycles. The molecule has 0 spiro atoms. The molecule has 0 aliphatic carbocycles. The molecule has 6 heteroatoms. The van der Waals surface area contributed by atoms with Crippen molar-refractivity contribution in [2.75, 3.05) is 19.8 Å². The van der Waals surface area contributed by atoms with Gasteiger partial charge in [0.2, 0.25) is 0 Å².